The SMILES string of the molecule is [CH2]CB(O)O. The van der Waals surface area contributed by atoms with Gasteiger partial charge in [-0.3, -0.25) is 0 Å². The third kappa shape index (κ3) is 3.98. The standard InChI is InChI=1S/C2H6BO2/c1-2-3(4)5/h4-5H,1-2H2. The van der Waals surface area contributed by atoms with Crippen LogP contribution in [0.4, 0.5) is 0 Å². The van der Waals surface area contributed by atoms with E-state index in [0.717, 1.165) is 0 Å². The van der Waals surface area contributed by atoms with E-state index in [4.69, 9.17) is 10.0 Å². The maximum atomic E-state index is 7.85. The van der Waals surface area contributed by atoms with Gasteiger partial charge in [-0.05, 0) is 6.32 Å². The van der Waals surface area contributed by atoms with Crippen molar-refractivity contribution in [2.45, 2.75) is 6.32 Å². The highest BCUT2D eigenvalue weighted by molar-refractivity contribution is 6.41. The van der Waals surface area contributed by atoms with Crippen LogP contribution in [0.15, 0.2) is 0 Å². The van der Waals surface area contributed by atoms with Crippen LogP contribution in [-0.4, -0.2) is 17.2 Å². The molecule has 0 aliphatic rings. The second-order valence-corrected chi connectivity index (χ2v) is 0.769. The highest BCUT2D eigenvalue weighted by Gasteiger charge is 1.96. The van der Waals surface area contributed by atoms with Gasteiger partial charge in [-0.15, -0.1) is 0 Å². The van der Waals surface area contributed by atoms with E-state index in [1.807, 2.05) is 0 Å². The topological polar surface area (TPSA) is 40.5 Å². The average Bonchev–Trinajstić information content (AvgIpc) is 1.38. The van der Waals surface area contributed by atoms with Gasteiger partial charge in [0.2, 0.25) is 0 Å². The molecule has 29 valence electrons. The van der Waals surface area contributed by atoms with Crippen LogP contribution in [0, 0.1) is 6.92 Å². The van der Waals surface area contributed by atoms with Gasteiger partial charge in [0.15, 0.2) is 0 Å². The summed E-state index contributed by atoms with van der Waals surface area (Å²) >= 11 is 0. The van der Waals surface area contributed by atoms with Gasteiger partial charge in [-0.1, -0.05) is 6.92 Å². The van der Waals surface area contributed by atoms with Crippen LogP contribution in [-0.2, 0) is 0 Å². The molecule has 2 N–H and O–H groups in total. The largest absolute Gasteiger partial charge is 0.451 e. The number of rotatable bonds is 1. The predicted octanol–water partition coefficient (Wildman–Crippen LogP) is -0.707. The maximum absolute atomic E-state index is 7.85. The molecule has 0 bridgehead atoms. The zero-order valence-electron chi connectivity index (χ0n) is 2.89. The Morgan fingerprint density at radius 2 is 1.80 bits per heavy atom. The molecule has 0 spiro atoms. The molecular weight excluding hydrogens is 66.8 g/mol. The molecule has 0 fully saturated rings. The van der Waals surface area contributed by atoms with E-state index in [2.05, 4.69) is 6.92 Å². The van der Waals surface area contributed by atoms with Crippen LogP contribution < -0.4 is 0 Å². The van der Waals surface area contributed by atoms with E-state index in [9.17, 15) is 0 Å². The minimum Gasteiger partial charge on any atom is -0.427 e. The predicted molar refractivity (Wildman–Crippen MR) is 20.4 cm³/mol. The first kappa shape index (κ1) is 4.98. The van der Waals surface area contributed by atoms with Crippen LogP contribution in [0.25, 0.3) is 0 Å². The molecule has 5 heavy (non-hydrogen) atoms. The van der Waals surface area contributed by atoms with E-state index >= 15 is 0 Å². The van der Waals surface area contributed by atoms with Crippen LogP contribution >= 0.6 is 0 Å². The molecule has 0 rings (SSSR count). The summed E-state index contributed by atoms with van der Waals surface area (Å²) in [6, 6.07) is 0. The van der Waals surface area contributed by atoms with Crippen LogP contribution in [0.5, 0.6) is 0 Å². The van der Waals surface area contributed by atoms with Gasteiger partial charge >= 0.3 is 7.12 Å². The second kappa shape index (κ2) is 2.24. The Balaban J connectivity index is 2.54. The normalized spacial score (nSPS) is 7.80. The summed E-state index contributed by atoms with van der Waals surface area (Å²) in [5, 5.41) is 15.7. The molecule has 0 aromatic carbocycles. The van der Waals surface area contributed by atoms with E-state index in [1.165, 1.54) is 0 Å². The molecule has 0 aliphatic heterocycles. The monoisotopic (exact) mass is 73.0 g/mol. The molecular formula is C2H6BO2. The van der Waals surface area contributed by atoms with Crippen LogP contribution in [0.2, 0.25) is 6.32 Å². The summed E-state index contributed by atoms with van der Waals surface area (Å²) < 4.78 is 0. The lowest BCUT2D eigenvalue weighted by Crippen LogP contribution is -2.06. The lowest BCUT2D eigenvalue weighted by atomic mass is 9.88. The molecule has 0 aromatic rings. The Kier molecular flexibility index (Phi) is 2.23. The first-order valence-corrected chi connectivity index (χ1v) is 1.42. The Morgan fingerprint density at radius 1 is 1.60 bits per heavy atom. The minimum atomic E-state index is -1.23. The first-order chi connectivity index (χ1) is 2.27. The Bertz CT molecular complexity index is 21.6. The maximum Gasteiger partial charge on any atom is 0.451 e. The van der Waals surface area contributed by atoms with Crippen molar-refractivity contribution in [1.29, 1.82) is 0 Å². The van der Waals surface area contributed by atoms with Crippen molar-refractivity contribution >= 4 is 7.12 Å². The van der Waals surface area contributed by atoms with Gasteiger partial charge in [0.05, 0.1) is 0 Å². The first-order valence-electron chi connectivity index (χ1n) is 1.42. The molecule has 0 saturated heterocycles. The summed E-state index contributed by atoms with van der Waals surface area (Å²) in [6.45, 7) is 3.19. The third-order valence-electron chi connectivity index (χ3n) is 0.258. The average molecular weight is 72.9 g/mol. The Hall–Kier alpha value is -0.0151. The van der Waals surface area contributed by atoms with Gasteiger partial charge in [-0.25, -0.2) is 0 Å². The highest BCUT2D eigenvalue weighted by atomic mass is 16.4. The smallest absolute Gasteiger partial charge is 0.427 e. The van der Waals surface area contributed by atoms with Crippen molar-refractivity contribution in [3.8, 4) is 0 Å². The lowest BCUT2D eigenvalue weighted by molar-refractivity contribution is 0.411. The summed E-state index contributed by atoms with van der Waals surface area (Å²) in [7, 11) is -1.23. The summed E-state index contributed by atoms with van der Waals surface area (Å²) in [5.41, 5.74) is 0. The third-order valence-corrected chi connectivity index (χ3v) is 0.258. The van der Waals surface area contributed by atoms with Gasteiger partial charge in [-0.2, -0.15) is 0 Å². The Labute approximate surface area is 31.6 Å². The summed E-state index contributed by atoms with van der Waals surface area (Å²) in [5.74, 6) is 0. The van der Waals surface area contributed by atoms with Crippen molar-refractivity contribution in [1.82, 2.24) is 0 Å². The molecule has 0 unspecified atom stereocenters. The molecule has 3 heteroatoms. The highest BCUT2D eigenvalue weighted by Crippen LogP contribution is 1.73. The van der Waals surface area contributed by atoms with E-state index in [1.54, 1.807) is 0 Å². The number of hydrogen-bond acceptors (Lipinski definition) is 2. The summed E-state index contributed by atoms with van der Waals surface area (Å²) in [4.78, 5) is 0. The molecule has 0 aromatic heterocycles. The van der Waals surface area contributed by atoms with Crippen LogP contribution in [0.3, 0.4) is 0 Å². The number of hydrogen-bond donors (Lipinski definition) is 2. The van der Waals surface area contributed by atoms with Gasteiger partial charge in [0.1, 0.15) is 0 Å². The van der Waals surface area contributed by atoms with Crippen molar-refractivity contribution in [2.75, 3.05) is 0 Å². The fourth-order valence-electron chi connectivity index (χ4n) is 0. The Morgan fingerprint density at radius 3 is 1.80 bits per heavy atom. The summed E-state index contributed by atoms with van der Waals surface area (Å²) in [6.07, 6.45) is 0.167. The zero-order valence-corrected chi connectivity index (χ0v) is 2.89. The molecule has 0 aliphatic carbocycles. The fourth-order valence-corrected chi connectivity index (χ4v) is 0. The molecule has 0 saturated carbocycles. The van der Waals surface area contributed by atoms with E-state index in [-0.39, 0.29) is 6.32 Å². The molecule has 0 heterocycles. The molecule has 2 nitrogen and oxygen atoms in total. The van der Waals surface area contributed by atoms with Gasteiger partial charge < -0.3 is 10.0 Å². The van der Waals surface area contributed by atoms with Gasteiger partial charge in [0.25, 0.3) is 0 Å². The molecule has 0 atom stereocenters. The van der Waals surface area contributed by atoms with Crippen molar-refractivity contribution in [2.24, 2.45) is 0 Å². The van der Waals surface area contributed by atoms with Crippen LogP contribution in [0.1, 0.15) is 0 Å². The van der Waals surface area contributed by atoms with Crippen molar-refractivity contribution in [3.63, 3.8) is 0 Å². The second-order valence-electron chi connectivity index (χ2n) is 0.769. The van der Waals surface area contributed by atoms with Gasteiger partial charge in [0, 0.05) is 0 Å². The zero-order chi connectivity index (χ0) is 4.28. The quantitative estimate of drug-likeness (QED) is 0.402. The molecule has 0 amide bonds. The lowest BCUT2D eigenvalue weighted by Gasteiger charge is -1.81. The van der Waals surface area contributed by atoms with E-state index < -0.39 is 7.12 Å². The minimum absolute atomic E-state index is 0.167. The fraction of sp³-hybridized carbons (Fsp3) is 0.500. The van der Waals surface area contributed by atoms with Crippen molar-refractivity contribution in [3.05, 3.63) is 6.92 Å². The van der Waals surface area contributed by atoms with Crippen molar-refractivity contribution < 1.29 is 10.0 Å². The molecule has 1 radical (unpaired) electrons. The van der Waals surface area contributed by atoms with E-state index in [0.29, 0.717) is 0 Å².